The lowest BCUT2D eigenvalue weighted by Gasteiger charge is -2.34. The maximum atomic E-state index is 5.88. The molecule has 5 heterocycles. The minimum absolute atomic E-state index is 0.274. The molecular weight excluding hydrogens is 597 g/mol. The molecule has 5 aromatic rings. The van der Waals surface area contributed by atoms with Gasteiger partial charge in [-0.3, -0.25) is 19.4 Å². The molecule has 10 nitrogen and oxygen atoms in total. The van der Waals surface area contributed by atoms with Gasteiger partial charge in [0.05, 0.1) is 18.3 Å². The Hall–Kier alpha value is -4.32. The highest BCUT2D eigenvalue weighted by atomic mass is 32.1. The summed E-state index contributed by atoms with van der Waals surface area (Å²) in [6.45, 7) is 14.3. The standard InChI is InChI=1S/C35H40N8O2S/c1-24-25(2)46-35-32(24)33(38-30(23-31-37-14-21-45-31)34-40-39-26(3)43(34)35)27-9-11-28(12-10-27)36-13-15-41-16-18-42(19-17-41)20-22-44-29-7-5-4-6-8-29/h4-12,14,21,30,36H,13,15-20,22-23H2,1-3H3. The highest BCUT2D eigenvalue weighted by Crippen LogP contribution is 2.39. The van der Waals surface area contributed by atoms with E-state index in [1.807, 2.05) is 37.3 Å². The zero-order valence-corrected chi connectivity index (χ0v) is 27.5. The smallest absolute Gasteiger partial charge is 0.196 e. The van der Waals surface area contributed by atoms with Gasteiger partial charge in [-0.05, 0) is 50.6 Å². The van der Waals surface area contributed by atoms with E-state index in [-0.39, 0.29) is 6.04 Å². The number of para-hydroxylation sites is 1. The fraction of sp³-hybridized carbons (Fsp3) is 0.371. The highest BCUT2D eigenvalue weighted by Gasteiger charge is 2.32. The molecule has 1 fully saturated rings. The average Bonchev–Trinajstić information content (AvgIpc) is 3.78. The zero-order valence-electron chi connectivity index (χ0n) is 26.6. The number of rotatable bonds is 11. The largest absolute Gasteiger partial charge is 0.492 e. The van der Waals surface area contributed by atoms with Gasteiger partial charge in [0.1, 0.15) is 35.5 Å². The fourth-order valence-corrected chi connectivity index (χ4v) is 7.41. The number of anilines is 1. The van der Waals surface area contributed by atoms with Crippen molar-refractivity contribution in [1.29, 1.82) is 0 Å². The Bertz CT molecular complexity index is 1770. The van der Waals surface area contributed by atoms with Crippen molar-refractivity contribution in [3.8, 4) is 10.8 Å². The fourth-order valence-electron chi connectivity index (χ4n) is 6.19. The van der Waals surface area contributed by atoms with Crippen molar-refractivity contribution in [3.63, 3.8) is 0 Å². The van der Waals surface area contributed by atoms with Crippen LogP contribution in [0.2, 0.25) is 0 Å². The van der Waals surface area contributed by atoms with Crippen molar-refractivity contribution < 1.29 is 9.15 Å². The van der Waals surface area contributed by atoms with E-state index in [4.69, 9.17) is 14.1 Å². The predicted octanol–water partition coefficient (Wildman–Crippen LogP) is 5.49. The quantitative estimate of drug-likeness (QED) is 0.204. The normalized spacial score (nSPS) is 16.8. The molecule has 0 aliphatic carbocycles. The number of thiophene rings is 1. The number of benzene rings is 2. The Labute approximate surface area is 273 Å². The second kappa shape index (κ2) is 13.6. The summed E-state index contributed by atoms with van der Waals surface area (Å²) in [7, 11) is 0. The average molecular weight is 637 g/mol. The van der Waals surface area contributed by atoms with Gasteiger partial charge in [0, 0.05) is 67.5 Å². The third-order valence-corrected chi connectivity index (χ3v) is 10.1. The first kappa shape index (κ1) is 30.3. The van der Waals surface area contributed by atoms with Crippen LogP contribution >= 0.6 is 11.3 Å². The molecule has 2 aromatic carbocycles. The van der Waals surface area contributed by atoms with Gasteiger partial charge >= 0.3 is 0 Å². The third kappa shape index (κ3) is 6.48. The van der Waals surface area contributed by atoms with Crippen LogP contribution in [-0.4, -0.2) is 87.7 Å². The van der Waals surface area contributed by atoms with Crippen LogP contribution < -0.4 is 10.1 Å². The van der Waals surface area contributed by atoms with Crippen LogP contribution in [0.5, 0.6) is 5.75 Å². The molecule has 0 spiro atoms. The van der Waals surface area contributed by atoms with Crippen molar-refractivity contribution in [2.45, 2.75) is 33.2 Å². The van der Waals surface area contributed by atoms with E-state index in [2.05, 4.69) is 73.0 Å². The molecule has 238 valence electrons. The van der Waals surface area contributed by atoms with Crippen LogP contribution in [0.3, 0.4) is 0 Å². The second-order valence-corrected chi connectivity index (χ2v) is 13.1. The van der Waals surface area contributed by atoms with Crippen LogP contribution in [0.25, 0.3) is 5.00 Å². The summed E-state index contributed by atoms with van der Waals surface area (Å²) in [5.74, 6) is 3.24. The molecular formula is C35H40N8O2S. The Morgan fingerprint density at radius 2 is 1.70 bits per heavy atom. The van der Waals surface area contributed by atoms with Crippen LogP contribution in [0.4, 0.5) is 5.69 Å². The van der Waals surface area contributed by atoms with E-state index in [9.17, 15) is 0 Å². The number of aryl methyl sites for hydroxylation is 2. The minimum Gasteiger partial charge on any atom is -0.492 e. The maximum Gasteiger partial charge on any atom is 0.196 e. The molecule has 1 N–H and O–H groups in total. The van der Waals surface area contributed by atoms with Gasteiger partial charge in [-0.15, -0.1) is 21.5 Å². The first-order valence-corrected chi connectivity index (χ1v) is 16.8. The van der Waals surface area contributed by atoms with E-state index >= 15 is 0 Å². The number of aromatic nitrogens is 4. The van der Waals surface area contributed by atoms with Gasteiger partial charge in [-0.2, -0.15) is 0 Å². The summed E-state index contributed by atoms with van der Waals surface area (Å²) in [5.41, 5.74) is 5.54. The van der Waals surface area contributed by atoms with Crippen LogP contribution in [0.15, 0.2) is 76.5 Å². The Morgan fingerprint density at radius 3 is 2.43 bits per heavy atom. The number of nitrogens with zero attached hydrogens (tertiary/aromatic N) is 7. The first-order valence-electron chi connectivity index (χ1n) is 16.0. The van der Waals surface area contributed by atoms with Gasteiger partial charge in [0.25, 0.3) is 0 Å². The first-order chi connectivity index (χ1) is 22.5. The van der Waals surface area contributed by atoms with Crippen LogP contribution in [0, 0.1) is 20.8 Å². The number of aliphatic imine (C=N–C) groups is 1. The number of ether oxygens (including phenoxy) is 1. The Balaban J connectivity index is 0.989. The van der Waals surface area contributed by atoms with E-state index < -0.39 is 0 Å². The van der Waals surface area contributed by atoms with Crippen molar-refractivity contribution >= 4 is 22.7 Å². The van der Waals surface area contributed by atoms with Gasteiger partial charge in [0.15, 0.2) is 11.7 Å². The summed E-state index contributed by atoms with van der Waals surface area (Å²) in [4.78, 5) is 16.0. The van der Waals surface area contributed by atoms with Crippen molar-refractivity contribution in [2.75, 3.05) is 57.7 Å². The monoisotopic (exact) mass is 636 g/mol. The van der Waals surface area contributed by atoms with Crippen molar-refractivity contribution in [3.05, 3.63) is 106 Å². The number of piperazine rings is 1. The molecule has 0 bridgehead atoms. The number of oxazole rings is 1. The van der Waals surface area contributed by atoms with E-state index in [1.54, 1.807) is 23.8 Å². The number of hydrogen-bond donors (Lipinski definition) is 1. The van der Waals surface area contributed by atoms with Crippen molar-refractivity contribution in [2.24, 2.45) is 4.99 Å². The van der Waals surface area contributed by atoms with E-state index in [0.29, 0.717) is 12.3 Å². The molecule has 1 atom stereocenters. The second-order valence-electron chi connectivity index (χ2n) is 11.9. The predicted molar refractivity (Wildman–Crippen MR) is 182 cm³/mol. The summed E-state index contributed by atoms with van der Waals surface area (Å²) in [5, 5.41) is 13.8. The highest BCUT2D eigenvalue weighted by molar-refractivity contribution is 7.15. The topological polar surface area (TPSA) is 96.8 Å². The van der Waals surface area contributed by atoms with Gasteiger partial charge in [-0.1, -0.05) is 30.3 Å². The molecule has 11 heteroatoms. The summed E-state index contributed by atoms with van der Waals surface area (Å²) in [6, 6.07) is 18.5. The van der Waals surface area contributed by atoms with Crippen LogP contribution in [0.1, 0.15) is 45.1 Å². The molecule has 1 saturated heterocycles. The molecule has 2 aliphatic rings. The van der Waals surface area contributed by atoms with Crippen LogP contribution in [-0.2, 0) is 6.42 Å². The SMILES string of the molecule is Cc1sc2c(c1C)C(c1ccc(NCCN3CCN(CCOc4ccccc4)CC3)cc1)=NC(Cc1ncco1)c1nnc(C)n1-2. The lowest BCUT2D eigenvalue weighted by molar-refractivity contribution is 0.120. The van der Waals surface area contributed by atoms with Crippen molar-refractivity contribution in [1.82, 2.24) is 29.5 Å². The number of hydrogen-bond acceptors (Lipinski definition) is 10. The maximum absolute atomic E-state index is 5.88. The van der Waals surface area contributed by atoms with Gasteiger partial charge < -0.3 is 14.5 Å². The molecule has 0 saturated carbocycles. The molecule has 0 radical (unpaired) electrons. The molecule has 1 unspecified atom stereocenters. The number of nitrogens with one attached hydrogen (secondary N) is 1. The molecule has 2 aliphatic heterocycles. The van der Waals surface area contributed by atoms with Gasteiger partial charge in [-0.25, -0.2) is 4.98 Å². The lowest BCUT2D eigenvalue weighted by Crippen LogP contribution is -2.48. The molecule has 46 heavy (non-hydrogen) atoms. The molecule has 3 aromatic heterocycles. The third-order valence-electron chi connectivity index (χ3n) is 8.89. The summed E-state index contributed by atoms with van der Waals surface area (Å²) >= 11 is 1.77. The number of fused-ring (bicyclic) bond motifs is 3. The summed E-state index contributed by atoms with van der Waals surface area (Å²) in [6.07, 6.45) is 3.79. The van der Waals surface area contributed by atoms with Gasteiger partial charge in [0.2, 0.25) is 0 Å². The Kier molecular flexibility index (Phi) is 8.96. The van der Waals surface area contributed by atoms with E-state index in [0.717, 1.165) is 97.3 Å². The minimum atomic E-state index is -0.274. The molecule has 7 rings (SSSR count). The Morgan fingerprint density at radius 1 is 0.935 bits per heavy atom. The van der Waals surface area contributed by atoms with E-state index in [1.165, 1.54) is 10.4 Å². The summed E-state index contributed by atoms with van der Waals surface area (Å²) < 4.78 is 13.7. The lowest BCUT2D eigenvalue weighted by atomic mass is 9.99. The molecule has 0 amide bonds. The zero-order chi connectivity index (χ0) is 31.5.